The summed E-state index contributed by atoms with van der Waals surface area (Å²) in [7, 11) is 0. The summed E-state index contributed by atoms with van der Waals surface area (Å²) < 4.78 is 0. The van der Waals surface area contributed by atoms with Gasteiger partial charge in [0.2, 0.25) is 0 Å². The van der Waals surface area contributed by atoms with Crippen LogP contribution in [-0.4, -0.2) is 15.8 Å². The first-order valence-electron chi connectivity index (χ1n) is 7.08. The summed E-state index contributed by atoms with van der Waals surface area (Å²) in [5.74, 6) is 0.379. The molecule has 0 atom stereocenters. The van der Waals surface area contributed by atoms with Crippen LogP contribution in [0.4, 0.5) is 11.5 Å². The predicted molar refractivity (Wildman–Crippen MR) is 82.0 cm³/mol. The van der Waals surface area contributed by atoms with Gasteiger partial charge >= 0.3 is 0 Å². The lowest BCUT2D eigenvalue weighted by atomic mass is 10.1. The molecule has 0 bridgehead atoms. The molecule has 2 aromatic rings. The van der Waals surface area contributed by atoms with E-state index in [0.717, 1.165) is 24.1 Å². The molecular weight excluding hydrogens is 282 g/mol. The number of anilines is 1. The Morgan fingerprint density at radius 3 is 2.68 bits per heavy atom. The Morgan fingerprint density at radius 1 is 1.27 bits per heavy atom. The quantitative estimate of drug-likeness (QED) is 0.692. The van der Waals surface area contributed by atoms with Gasteiger partial charge in [-0.2, -0.15) is 0 Å². The van der Waals surface area contributed by atoms with Crippen LogP contribution in [0.25, 0.3) is 0 Å². The fourth-order valence-electron chi connectivity index (χ4n) is 2.39. The third-order valence-corrected chi connectivity index (χ3v) is 3.69. The Bertz CT molecular complexity index is 754. The number of aryl methyl sites for hydroxylation is 1. The van der Waals surface area contributed by atoms with Crippen LogP contribution in [0.15, 0.2) is 36.4 Å². The van der Waals surface area contributed by atoms with Crippen LogP contribution in [0.3, 0.4) is 0 Å². The van der Waals surface area contributed by atoms with Crippen molar-refractivity contribution in [1.29, 1.82) is 0 Å². The third kappa shape index (κ3) is 2.81. The molecule has 1 aromatic heterocycles. The van der Waals surface area contributed by atoms with E-state index >= 15 is 0 Å². The highest BCUT2D eigenvalue weighted by molar-refractivity contribution is 6.06. The minimum atomic E-state index is -0.562. The zero-order chi connectivity index (χ0) is 15.7. The topological polar surface area (TPSA) is 85.1 Å². The lowest BCUT2D eigenvalue weighted by Crippen LogP contribution is -2.15. The third-order valence-electron chi connectivity index (χ3n) is 3.69. The first kappa shape index (κ1) is 14.2. The van der Waals surface area contributed by atoms with Gasteiger partial charge in [-0.25, -0.2) is 4.98 Å². The summed E-state index contributed by atoms with van der Waals surface area (Å²) in [4.78, 5) is 27.2. The number of nitro groups is 1. The number of hydrogen-bond acceptors (Lipinski definition) is 4. The van der Waals surface area contributed by atoms with Gasteiger partial charge in [0.15, 0.2) is 0 Å². The van der Waals surface area contributed by atoms with Crippen molar-refractivity contribution in [3.8, 4) is 0 Å². The normalized spacial score (nSPS) is 13.7. The number of aromatic nitrogens is 1. The van der Waals surface area contributed by atoms with Crippen molar-refractivity contribution in [1.82, 2.24) is 4.98 Å². The van der Waals surface area contributed by atoms with E-state index in [4.69, 9.17) is 0 Å². The molecule has 0 unspecified atom stereocenters. The zero-order valence-electron chi connectivity index (χ0n) is 12.1. The molecule has 0 aliphatic heterocycles. The summed E-state index contributed by atoms with van der Waals surface area (Å²) in [6.07, 6.45) is 2.24. The van der Waals surface area contributed by atoms with Gasteiger partial charge in [-0.1, -0.05) is 18.2 Å². The highest BCUT2D eigenvalue weighted by Crippen LogP contribution is 2.40. The second-order valence-corrected chi connectivity index (χ2v) is 5.40. The monoisotopic (exact) mass is 297 g/mol. The van der Waals surface area contributed by atoms with Gasteiger partial charge in [-0.05, 0) is 37.5 Å². The zero-order valence-corrected chi connectivity index (χ0v) is 12.1. The Balaban J connectivity index is 1.86. The molecule has 1 aliphatic carbocycles. The van der Waals surface area contributed by atoms with Crippen LogP contribution in [0.1, 0.15) is 40.4 Å². The molecule has 0 saturated heterocycles. The van der Waals surface area contributed by atoms with Crippen molar-refractivity contribution in [2.75, 3.05) is 5.32 Å². The molecule has 22 heavy (non-hydrogen) atoms. The van der Waals surface area contributed by atoms with Gasteiger partial charge in [-0.15, -0.1) is 0 Å². The van der Waals surface area contributed by atoms with Crippen molar-refractivity contribution < 1.29 is 9.72 Å². The highest BCUT2D eigenvalue weighted by atomic mass is 16.6. The number of benzene rings is 1. The van der Waals surface area contributed by atoms with Crippen molar-refractivity contribution in [3.63, 3.8) is 0 Å². The number of nitrogens with one attached hydrogen (secondary N) is 1. The van der Waals surface area contributed by atoms with E-state index in [-0.39, 0.29) is 11.3 Å². The average Bonchev–Trinajstić information content (AvgIpc) is 3.33. The number of para-hydroxylation sites is 1. The van der Waals surface area contributed by atoms with Crippen LogP contribution >= 0.6 is 0 Å². The molecule has 1 N–H and O–H groups in total. The second-order valence-electron chi connectivity index (χ2n) is 5.40. The molecule has 1 heterocycles. The Labute approximate surface area is 127 Å². The summed E-state index contributed by atoms with van der Waals surface area (Å²) in [5, 5.41) is 13.6. The van der Waals surface area contributed by atoms with Gasteiger partial charge in [0.25, 0.3) is 11.6 Å². The number of rotatable bonds is 4. The standard InChI is InChI=1S/C16H15N3O3/c1-10-6-9-14(17-15(10)11-7-8-11)18-16(20)12-4-2-3-5-13(12)19(21)22/h2-6,9,11H,7-8H2,1H3,(H,17,18,20). The predicted octanol–water partition coefficient (Wildman–Crippen LogP) is 3.43. The Kier molecular flexibility index (Phi) is 3.58. The summed E-state index contributed by atoms with van der Waals surface area (Å²) in [6.45, 7) is 1.99. The molecule has 6 heteroatoms. The minimum absolute atomic E-state index is 0.0304. The number of hydrogen-bond donors (Lipinski definition) is 1. The van der Waals surface area contributed by atoms with Crippen molar-refractivity contribution in [2.24, 2.45) is 0 Å². The summed E-state index contributed by atoms with van der Waals surface area (Å²) in [6, 6.07) is 9.50. The van der Waals surface area contributed by atoms with Crippen LogP contribution in [0, 0.1) is 17.0 Å². The van der Waals surface area contributed by atoms with Crippen LogP contribution < -0.4 is 5.32 Å². The molecule has 1 saturated carbocycles. The van der Waals surface area contributed by atoms with Crippen molar-refractivity contribution >= 4 is 17.4 Å². The maximum absolute atomic E-state index is 12.3. The first-order valence-corrected chi connectivity index (χ1v) is 7.08. The first-order chi connectivity index (χ1) is 10.6. The number of amides is 1. The summed E-state index contributed by atoms with van der Waals surface area (Å²) >= 11 is 0. The fourth-order valence-corrected chi connectivity index (χ4v) is 2.39. The largest absolute Gasteiger partial charge is 0.306 e. The highest BCUT2D eigenvalue weighted by Gasteiger charge is 2.27. The van der Waals surface area contributed by atoms with Crippen LogP contribution in [-0.2, 0) is 0 Å². The molecule has 0 spiro atoms. The molecule has 6 nitrogen and oxygen atoms in total. The van der Waals surface area contributed by atoms with Crippen LogP contribution in [0.5, 0.6) is 0 Å². The second kappa shape index (κ2) is 5.55. The van der Waals surface area contributed by atoms with Gasteiger partial charge in [0.05, 0.1) is 4.92 Å². The molecule has 3 rings (SSSR count). The van der Waals surface area contributed by atoms with E-state index in [1.165, 1.54) is 18.2 Å². The van der Waals surface area contributed by atoms with E-state index in [1.54, 1.807) is 12.1 Å². The fraction of sp³-hybridized carbons (Fsp3) is 0.250. The van der Waals surface area contributed by atoms with Gasteiger partial charge in [-0.3, -0.25) is 14.9 Å². The Morgan fingerprint density at radius 2 is 2.00 bits per heavy atom. The smallest absolute Gasteiger partial charge is 0.282 e. The van der Waals surface area contributed by atoms with Crippen LogP contribution in [0.2, 0.25) is 0 Å². The van der Waals surface area contributed by atoms with Gasteiger partial charge in [0, 0.05) is 17.7 Å². The van der Waals surface area contributed by atoms with E-state index < -0.39 is 10.8 Å². The minimum Gasteiger partial charge on any atom is -0.306 e. The molecule has 1 aliphatic rings. The molecule has 0 radical (unpaired) electrons. The number of nitro benzene ring substituents is 1. The van der Waals surface area contributed by atoms with E-state index in [9.17, 15) is 14.9 Å². The van der Waals surface area contributed by atoms with Crippen molar-refractivity contribution in [3.05, 3.63) is 63.3 Å². The lowest BCUT2D eigenvalue weighted by Gasteiger charge is -2.08. The number of nitrogens with zero attached hydrogens (tertiary/aromatic N) is 2. The molecule has 1 fully saturated rings. The lowest BCUT2D eigenvalue weighted by molar-refractivity contribution is -0.385. The number of carbonyl (C=O) groups is 1. The van der Waals surface area contributed by atoms with E-state index in [0.29, 0.717) is 11.7 Å². The average molecular weight is 297 g/mol. The Hall–Kier alpha value is -2.76. The molecule has 1 aromatic carbocycles. The number of pyridine rings is 1. The van der Waals surface area contributed by atoms with Gasteiger partial charge in [0.1, 0.15) is 11.4 Å². The van der Waals surface area contributed by atoms with E-state index in [1.807, 2.05) is 13.0 Å². The SMILES string of the molecule is Cc1ccc(NC(=O)c2ccccc2[N+](=O)[O-])nc1C1CC1. The maximum Gasteiger partial charge on any atom is 0.282 e. The number of carbonyl (C=O) groups excluding carboxylic acids is 1. The van der Waals surface area contributed by atoms with E-state index in [2.05, 4.69) is 10.3 Å². The van der Waals surface area contributed by atoms with Crippen molar-refractivity contribution in [2.45, 2.75) is 25.7 Å². The summed E-state index contributed by atoms with van der Waals surface area (Å²) in [5.41, 5.74) is 1.92. The molecule has 1 amide bonds. The maximum atomic E-state index is 12.3. The molecular formula is C16H15N3O3. The van der Waals surface area contributed by atoms with Gasteiger partial charge < -0.3 is 5.32 Å². The molecule has 112 valence electrons.